The molecular weight excluding hydrogens is 284 g/mol. The first kappa shape index (κ1) is 16.1. The van der Waals surface area contributed by atoms with Gasteiger partial charge < -0.3 is 10.2 Å². The highest BCUT2D eigenvalue weighted by Gasteiger charge is 2.27. The van der Waals surface area contributed by atoms with Gasteiger partial charge in [-0.25, -0.2) is 0 Å². The molecule has 1 aromatic carbocycles. The van der Waals surface area contributed by atoms with Gasteiger partial charge in [-0.05, 0) is 17.7 Å². The molecule has 1 unspecified atom stereocenters. The molecule has 6 heteroatoms. The number of nitrogens with one attached hydrogen (secondary N) is 1. The van der Waals surface area contributed by atoms with Crippen molar-refractivity contribution in [2.75, 3.05) is 26.4 Å². The first-order valence-corrected chi connectivity index (χ1v) is 7.52. The first-order valence-electron chi connectivity index (χ1n) is 5.96. The van der Waals surface area contributed by atoms with Crippen molar-refractivity contribution in [1.29, 1.82) is 0 Å². The van der Waals surface area contributed by atoms with E-state index in [9.17, 15) is 9.00 Å². The van der Waals surface area contributed by atoms with Crippen LogP contribution in [-0.2, 0) is 22.1 Å². The van der Waals surface area contributed by atoms with Gasteiger partial charge in [0.05, 0.1) is 5.92 Å². The summed E-state index contributed by atoms with van der Waals surface area (Å²) in [5.74, 6) is 0.328. The second-order valence-corrected chi connectivity index (χ2v) is 6.03. The van der Waals surface area contributed by atoms with Crippen LogP contribution in [0.2, 0.25) is 0 Å². The second-order valence-electron chi connectivity index (χ2n) is 4.65. The summed E-state index contributed by atoms with van der Waals surface area (Å²) in [6.07, 6.45) is 1.66. The molecule has 106 valence electrons. The maximum Gasteiger partial charge on any atom is 0.228 e. The fourth-order valence-corrected chi connectivity index (χ4v) is 2.43. The minimum atomic E-state index is -0.947. The molecule has 0 bridgehead atoms. The van der Waals surface area contributed by atoms with Crippen molar-refractivity contribution in [2.24, 2.45) is 5.92 Å². The van der Waals surface area contributed by atoms with E-state index in [4.69, 9.17) is 0 Å². The molecule has 1 amide bonds. The molecule has 4 nitrogen and oxygen atoms in total. The minimum absolute atomic E-state index is 0. The van der Waals surface area contributed by atoms with E-state index < -0.39 is 10.8 Å². The molecule has 1 N–H and O–H groups in total. The number of hydrogen-bond donors (Lipinski definition) is 1. The number of amides is 1. The lowest BCUT2D eigenvalue weighted by Gasteiger charge is -2.30. The molecule has 0 spiro atoms. The number of carbonyl (C=O) groups excluding carboxylic acids is 1. The number of rotatable bonds is 4. The van der Waals surface area contributed by atoms with Gasteiger partial charge in [0.15, 0.2) is 0 Å². The van der Waals surface area contributed by atoms with Crippen LogP contribution in [0.1, 0.15) is 5.56 Å². The van der Waals surface area contributed by atoms with Gasteiger partial charge in [-0.2, -0.15) is 0 Å². The van der Waals surface area contributed by atoms with Crippen molar-refractivity contribution in [2.45, 2.75) is 11.4 Å². The van der Waals surface area contributed by atoms with E-state index in [1.165, 1.54) is 0 Å². The van der Waals surface area contributed by atoms with Gasteiger partial charge in [0.25, 0.3) is 0 Å². The summed E-state index contributed by atoms with van der Waals surface area (Å²) in [5.41, 5.74) is 1.06. The average Bonchev–Trinajstić information content (AvgIpc) is 2.27. The molecule has 1 fully saturated rings. The average molecular weight is 303 g/mol. The molecule has 19 heavy (non-hydrogen) atoms. The zero-order chi connectivity index (χ0) is 13.1. The SMILES string of the molecule is CN(Cc1ccc(S(C)=O)cc1)C(=O)C1CNC1.Cl. The van der Waals surface area contributed by atoms with Crippen LogP contribution in [0.15, 0.2) is 29.2 Å². The van der Waals surface area contributed by atoms with E-state index in [1.807, 2.05) is 31.3 Å². The predicted molar refractivity (Wildman–Crippen MR) is 78.9 cm³/mol. The van der Waals surface area contributed by atoms with Crippen LogP contribution in [0.4, 0.5) is 0 Å². The number of carbonyl (C=O) groups is 1. The summed E-state index contributed by atoms with van der Waals surface area (Å²) in [6, 6.07) is 7.57. The molecule has 0 saturated carbocycles. The van der Waals surface area contributed by atoms with E-state index in [2.05, 4.69) is 5.32 Å². The van der Waals surface area contributed by atoms with Crippen molar-refractivity contribution in [1.82, 2.24) is 10.2 Å². The lowest BCUT2D eigenvalue weighted by atomic mass is 10.0. The summed E-state index contributed by atoms with van der Waals surface area (Å²) in [4.78, 5) is 14.5. The summed E-state index contributed by atoms with van der Waals surface area (Å²) >= 11 is 0. The number of hydrogen-bond acceptors (Lipinski definition) is 3. The van der Waals surface area contributed by atoms with Crippen LogP contribution in [0.3, 0.4) is 0 Å². The number of nitrogens with zero attached hydrogens (tertiary/aromatic N) is 1. The Morgan fingerprint density at radius 1 is 1.37 bits per heavy atom. The van der Waals surface area contributed by atoms with Crippen LogP contribution in [-0.4, -0.2) is 41.4 Å². The van der Waals surface area contributed by atoms with Crippen molar-refractivity contribution in [3.05, 3.63) is 29.8 Å². The highest BCUT2D eigenvalue weighted by Crippen LogP contribution is 2.12. The zero-order valence-electron chi connectivity index (χ0n) is 11.1. The van der Waals surface area contributed by atoms with E-state index >= 15 is 0 Å². The van der Waals surface area contributed by atoms with Gasteiger partial charge >= 0.3 is 0 Å². The third kappa shape index (κ3) is 4.03. The van der Waals surface area contributed by atoms with E-state index in [0.29, 0.717) is 6.54 Å². The van der Waals surface area contributed by atoms with Gasteiger partial charge in [0, 0.05) is 48.6 Å². The third-order valence-corrected chi connectivity index (χ3v) is 4.12. The van der Waals surface area contributed by atoms with Crippen molar-refractivity contribution >= 4 is 29.1 Å². The Bertz CT molecular complexity index is 460. The third-order valence-electron chi connectivity index (χ3n) is 3.18. The van der Waals surface area contributed by atoms with Gasteiger partial charge in [-0.15, -0.1) is 12.4 Å². The summed E-state index contributed by atoms with van der Waals surface area (Å²) in [6.45, 7) is 2.18. The Hall–Kier alpha value is -0.910. The fourth-order valence-electron chi connectivity index (χ4n) is 1.91. The van der Waals surface area contributed by atoms with E-state index in [-0.39, 0.29) is 24.2 Å². The summed E-state index contributed by atoms with van der Waals surface area (Å²) in [5, 5.41) is 3.10. The van der Waals surface area contributed by atoms with Crippen LogP contribution < -0.4 is 5.32 Å². The topological polar surface area (TPSA) is 49.4 Å². The van der Waals surface area contributed by atoms with Gasteiger partial charge in [-0.1, -0.05) is 12.1 Å². The van der Waals surface area contributed by atoms with Crippen LogP contribution in [0, 0.1) is 5.92 Å². The largest absolute Gasteiger partial charge is 0.341 e. The van der Waals surface area contributed by atoms with Gasteiger partial charge in [-0.3, -0.25) is 9.00 Å². The van der Waals surface area contributed by atoms with Crippen LogP contribution in [0.25, 0.3) is 0 Å². The normalized spacial score (nSPS) is 16.1. The standard InChI is InChI=1S/C13H18N2O2S.ClH/c1-15(13(16)11-7-14-8-11)9-10-3-5-12(6-4-10)18(2)17;/h3-6,11,14H,7-9H2,1-2H3;1H. The molecule has 1 heterocycles. The van der Waals surface area contributed by atoms with Crippen molar-refractivity contribution < 1.29 is 9.00 Å². The highest BCUT2D eigenvalue weighted by atomic mass is 35.5. The Balaban J connectivity index is 0.00000180. The van der Waals surface area contributed by atoms with E-state index in [1.54, 1.807) is 11.2 Å². The molecule has 0 aromatic heterocycles. The van der Waals surface area contributed by atoms with Crippen molar-refractivity contribution in [3.8, 4) is 0 Å². The predicted octanol–water partition coefficient (Wildman–Crippen LogP) is 1.02. The summed E-state index contributed by atoms with van der Waals surface area (Å²) < 4.78 is 11.3. The fraction of sp³-hybridized carbons (Fsp3) is 0.462. The Labute approximate surface area is 122 Å². The molecule has 1 aliphatic heterocycles. The quantitative estimate of drug-likeness (QED) is 0.903. The number of benzene rings is 1. The molecule has 1 atom stereocenters. The maximum absolute atomic E-state index is 11.9. The number of halogens is 1. The monoisotopic (exact) mass is 302 g/mol. The molecule has 1 saturated heterocycles. The highest BCUT2D eigenvalue weighted by molar-refractivity contribution is 7.84. The molecule has 0 aliphatic carbocycles. The summed E-state index contributed by atoms with van der Waals surface area (Å²) in [7, 11) is 0.879. The van der Waals surface area contributed by atoms with E-state index in [0.717, 1.165) is 23.5 Å². The molecular formula is C13H19ClN2O2S. The first-order chi connectivity index (χ1) is 8.58. The zero-order valence-corrected chi connectivity index (χ0v) is 12.7. The lowest BCUT2D eigenvalue weighted by molar-refractivity contribution is -0.136. The molecule has 0 radical (unpaired) electrons. The molecule has 1 aromatic rings. The van der Waals surface area contributed by atoms with Gasteiger partial charge in [0.2, 0.25) is 5.91 Å². The second kappa shape index (κ2) is 7.03. The smallest absolute Gasteiger partial charge is 0.228 e. The molecule has 1 aliphatic rings. The lowest BCUT2D eigenvalue weighted by Crippen LogP contribution is -2.50. The molecule has 2 rings (SSSR count). The Morgan fingerprint density at radius 3 is 2.37 bits per heavy atom. The van der Waals surface area contributed by atoms with Crippen molar-refractivity contribution in [3.63, 3.8) is 0 Å². The Kier molecular flexibility index (Phi) is 5.97. The van der Waals surface area contributed by atoms with Crippen LogP contribution >= 0.6 is 12.4 Å². The van der Waals surface area contributed by atoms with Gasteiger partial charge in [0.1, 0.15) is 0 Å². The minimum Gasteiger partial charge on any atom is -0.341 e. The maximum atomic E-state index is 11.9. The Morgan fingerprint density at radius 2 is 1.95 bits per heavy atom. The van der Waals surface area contributed by atoms with Crippen LogP contribution in [0.5, 0.6) is 0 Å².